The van der Waals surface area contributed by atoms with E-state index in [0.29, 0.717) is 0 Å². The van der Waals surface area contributed by atoms with Gasteiger partial charge in [-0.05, 0) is 12.5 Å². The molecule has 0 heterocycles. The van der Waals surface area contributed by atoms with Gasteiger partial charge in [0.15, 0.2) is 0 Å². The maximum absolute atomic E-state index is 5.93. The van der Waals surface area contributed by atoms with Gasteiger partial charge in [0.25, 0.3) is 0 Å². The molecule has 0 N–H and O–H groups in total. The summed E-state index contributed by atoms with van der Waals surface area (Å²) >= 11 is 17.8. The SMILES string of the molecule is Cc1ccc([C@H](C)[Si](Cl)(Cl)Cl)cc1. The van der Waals surface area contributed by atoms with E-state index >= 15 is 0 Å². The molecule has 72 valence electrons. The van der Waals surface area contributed by atoms with Gasteiger partial charge in [-0.2, -0.15) is 0 Å². The Labute approximate surface area is 93.9 Å². The number of hydrogen-bond acceptors (Lipinski definition) is 0. The Kier molecular flexibility index (Phi) is 3.70. The minimum absolute atomic E-state index is 0.0538. The molecule has 0 nitrogen and oxygen atoms in total. The predicted molar refractivity (Wildman–Crippen MR) is 62.9 cm³/mol. The summed E-state index contributed by atoms with van der Waals surface area (Å²) in [5, 5.41) is 0. The molecule has 0 spiro atoms. The Morgan fingerprint density at radius 2 is 1.54 bits per heavy atom. The topological polar surface area (TPSA) is 0 Å². The number of rotatable bonds is 2. The first-order chi connectivity index (χ1) is 5.91. The van der Waals surface area contributed by atoms with Gasteiger partial charge in [-0.15, -0.1) is 33.2 Å². The molecule has 13 heavy (non-hydrogen) atoms. The van der Waals surface area contributed by atoms with Crippen LogP contribution in [-0.4, -0.2) is 6.00 Å². The first-order valence-corrected chi connectivity index (χ1v) is 9.16. The first kappa shape index (κ1) is 11.4. The van der Waals surface area contributed by atoms with Gasteiger partial charge in [0.2, 0.25) is 0 Å². The van der Waals surface area contributed by atoms with Crippen LogP contribution in [0.15, 0.2) is 24.3 Å². The highest BCUT2D eigenvalue weighted by molar-refractivity contribution is 7.65. The Morgan fingerprint density at radius 3 is 1.92 bits per heavy atom. The minimum Gasteiger partial charge on any atom is -0.125 e. The molecule has 1 aromatic rings. The molecule has 0 aromatic heterocycles. The smallest absolute Gasteiger partial charge is 0.125 e. The van der Waals surface area contributed by atoms with E-state index in [1.807, 2.05) is 38.1 Å². The van der Waals surface area contributed by atoms with E-state index in [4.69, 9.17) is 33.2 Å². The zero-order valence-corrected chi connectivity index (χ0v) is 10.8. The van der Waals surface area contributed by atoms with Gasteiger partial charge >= 0.3 is 6.00 Å². The van der Waals surface area contributed by atoms with Crippen LogP contribution in [0.4, 0.5) is 0 Å². The lowest BCUT2D eigenvalue weighted by Gasteiger charge is -2.17. The van der Waals surface area contributed by atoms with Crippen molar-refractivity contribution >= 4 is 39.2 Å². The van der Waals surface area contributed by atoms with Crippen LogP contribution in [0.25, 0.3) is 0 Å². The lowest BCUT2D eigenvalue weighted by Crippen LogP contribution is -2.20. The third-order valence-electron chi connectivity index (χ3n) is 2.07. The summed E-state index contributed by atoms with van der Waals surface area (Å²) in [4.78, 5) is 0. The molecular formula is C9H11Cl3Si. The van der Waals surface area contributed by atoms with Crippen molar-refractivity contribution in [3.05, 3.63) is 35.4 Å². The fourth-order valence-corrected chi connectivity index (χ4v) is 2.75. The third-order valence-corrected chi connectivity index (χ3v) is 6.33. The minimum atomic E-state index is -2.60. The second kappa shape index (κ2) is 4.22. The maximum atomic E-state index is 5.93. The molecule has 0 radical (unpaired) electrons. The summed E-state index contributed by atoms with van der Waals surface area (Å²) in [6.07, 6.45) is 0. The fourth-order valence-electron chi connectivity index (χ4n) is 1.04. The standard InChI is InChI=1S/C9H11Cl3Si/c1-7-3-5-9(6-4-7)8(2)13(10,11)12/h3-6,8H,1-2H3/t8-/m0/s1. The molecule has 0 saturated carbocycles. The van der Waals surface area contributed by atoms with Gasteiger partial charge in [-0.25, -0.2) is 0 Å². The number of aryl methyl sites for hydroxylation is 1. The average molecular weight is 254 g/mol. The molecule has 0 aliphatic heterocycles. The molecular weight excluding hydrogens is 243 g/mol. The van der Waals surface area contributed by atoms with Gasteiger partial charge in [0.05, 0.1) is 0 Å². The maximum Gasteiger partial charge on any atom is 0.348 e. The van der Waals surface area contributed by atoms with E-state index in [1.54, 1.807) is 0 Å². The van der Waals surface area contributed by atoms with Crippen molar-refractivity contribution in [1.82, 2.24) is 0 Å². The van der Waals surface area contributed by atoms with Gasteiger partial charge < -0.3 is 0 Å². The van der Waals surface area contributed by atoms with Gasteiger partial charge in [0.1, 0.15) is 0 Å². The Hall–Kier alpha value is 0.307. The number of benzene rings is 1. The number of hydrogen-bond donors (Lipinski definition) is 0. The highest BCUT2D eigenvalue weighted by atomic mass is 35.8. The van der Waals surface area contributed by atoms with Crippen molar-refractivity contribution in [1.29, 1.82) is 0 Å². The van der Waals surface area contributed by atoms with Crippen LogP contribution in [0, 0.1) is 6.92 Å². The van der Waals surface area contributed by atoms with Gasteiger partial charge in [-0.1, -0.05) is 36.8 Å². The molecule has 1 aromatic carbocycles. The summed E-state index contributed by atoms with van der Waals surface area (Å²) in [6.45, 7) is 4.01. The van der Waals surface area contributed by atoms with Crippen molar-refractivity contribution in [3.63, 3.8) is 0 Å². The largest absolute Gasteiger partial charge is 0.348 e. The number of halogens is 3. The lowest BCUT2D eigenvalue weighted by molar-refractivity contribution is 1.06. The summed E-state index contributed by atoms with van der Waals surface area (Å²) in [5.41, 5.74) is 2.39. The third kappa shape index (κ3) is 3.17. The molecule has 0 aliphatic carbocycles. The molecule has 1 rings (SSSR count). The van der Waals surface area contributed by atoms with Crippen LogP contribution in [0.3, 0.4) is 0 Å². The van der Waals surface area contributed by atoms with Crippen LogP contribution in [0.1, 0.15) is 23.6 Å². The molecule has 4 heteroatoms. The zero-order chi connectivity index (χ0) is 10.1. The van der Waals surface area contributed by atoms with E-state index in [1.165, 1.54) is 5.56 Å². The molecule has 0 saturated heterocycles. The van der Waals surface area contributed by atoms with Crippen molar-refractivity contribution in [2.45, 2.75) is 19.4 Å². The average Bonchev–Trinajstić information content (AvgIpc) is 2.03. The summed E-state index contributed by atoms with van der Waals surface area (Å²) in [7, 11) is 0. The van der Waals surface area contributed by atoms with Crippen molar-refractivity contribution in [2.24, 2.45) is 0 Å². The molecule has 0 aliphatic rings. The second-order valence-electron chi connectivity index (χ2n) is 3.17. The van der Waals surface area contributed by atoms with Gasteiger partial charge in [0, 0.05) is 5.54 Å². The monoisotopic (exact) mass is 252 g/mol. The van der Waals surface area contributed by atoms with Crippen LogP contribution in [-0.2, 0) is 0 Å². The van der Waals surface area contributed by atoms with Crippen molar-refractivity contribution < 1.29 is 0 Å². The highest BCUT2D eigenvalue weighted by Crippen LogP contribution is 2.36. The normalized spacial score (nSPS) is 14.2. The quantitative estimate of drug-likeness (QED) is 0.545. The van der Waals surface area contributed by atoms with Crippen LogP contribution >= 0.6 is 33.2 Å². The molecule has 0 amide bonds. The van der Waals surface area contributed by atoms with E-state index < -0.39 is 6.00 Å². The molecule has 1 atom stereocenters. The van der Waals surface area contributed by atoms with Crippen LogP contribution < -0.4 is 0 Å². The highest BCUT2D eigenvalue weighted by Gasteiger charge is 2.34. The van der Waals surface area contributed by atoms with Gasteiger partial charge in [-0.3, -0.25) is 0 Å². The van der Waals surface area contributed by atoms with Crippen LogP contribution in [0.5, 0.6) is 0 Å². The Balaban J connectivity index is 2.90. The van der Waals surface area contributed by atoms with E-state index in [0.717, 1.165) is 5.56 Å². The van der Waals surface area contributed by atoms with Crippen molar-refractivity contribution in [2.75, 3.05) is 0 Å². The van der Waals surface area contributed by atoms with E-state index in [2.05, 4.69) is 0 Å². The molecule has 0 bridgehead atoms. The fraction of sp³-hybridized carbons (Fsp3) is 0.333. The van der Waals surface area contributed by atoms with E-state index in [-0.39, 0.29) is 5.54 Å². The second-order valence-corrected chi connectivity index (χ2v) is 12.2. The first-order valence-electron chi connectivity index (χ1n) is 4.04. The Morgan fingerprint density at radius 1 is 1.08 bits per heavy atom. The lowest BCUT2D eigenvalue weighted by atomic mass is 10.1. The van der Waals surface area contributed by atoms with Crippen LogP contribution in [0.2, 0.25) is 0 Å². The predicted octanol–water partition coefficient (Wildman–Crippen LogP) is 4.29. The summed E-state index contributed by atoms with van der Waals surface area (Å²) in [5.74, 6) is 0. The zero-order valence-electron chi connectivity index (χ0n) is 7.52. The Bertz CT molecular complexity index is 276. The summed E-state index contributed by atoms with van der Waals surface area (Å²) in [6, 6.07) is 5.52. The van der Waals surface area contributed by atoms with Crippen molar-refractivity contribution in [3.8, 4) is 0 Å². The summed E-state index contributed by atoms with van der Waals surface area (Å²) < 4.78 is 0. The van der Waals surface area contributed by atoms with E-state index in [9.17, 15) is 0 Å². The molecule has 0 unspecified atom stereocenters. The molecule has 0 fully saturated rings.